The van der Waals surface area contributed by atoms with Gasteiger partial charge in [0.1, 0.15) is 0 Å². The van der Waals surface area contributed by atoms with Gasteiger partial charge >= 0.3 is 111 Å². The Morgan fingerprint density at radius 3 is 3.05 bits per heavy atom. The number of nitrogens with zero attached hydrogens (tertiary/aromatic N) is 2. The number of aromatic nitrogens is 3. The molecule has 0 aromatic carbocycles. The molecule has 0 amide bonds. The van der Waals surface area contributed by atoms with Crippen molar-refractivity contribution < 1.29 is 18.1 Å². The second-order valence-electron chi connectivity index (χ2n) is 3.86. The van der Waals surface area contributed by atoms with Gasteiger partial charge < -0.3 is 0 Å². The molecule has 2 aromatic heterocycles. The van der Waals surface area contributed by atoms with Gasteiger partial charge in [0.15, 0.2) is 0 Å². The van der Waals surface area contributed by atoms with Gasteiger partial charge in [0.05, 0.1) is 0 Å². The Morgan fingerprint density at radius 2 is 2.40 bits per heavy atom. The molecule has 1 atom stereocenters. The second-order valence-corrected chi connectivity index (χ2v) is 4.22. The van der Waals surface area contributed by atoms with Crippen LogP contribution in [0.2, 0.25) is 0 Å². The van der Waals surface area contributed by atoms with Crippen LogP contribution in [0, 0.1) is 11.6 Å². The van der Waals surface area contributed by atoms with Gasteiger partial charge in [-0.1, -0.05) is 0 Å². The van der Waals surface area contributed by atoms with E-state index < -0.39 is 32.1 Å². The van der Waals surface area contributed by atoms with E-state index in [1.807, 2.05) is 5.81 Å². The van der Waals surface area contributed by atoms with Crippen LogP contribution in [0.3, 0.4) is 0 Å². The molecular weight excluding hydrogens is 293 g/mol. The second kappa shape index (κ2) is 6.00. The minimum absolute atomic E-state index is 0.0227. The fourth-order valence-electron chi connectivity index (χ4n) is 1.74. The van der Waals surface area contributed by atoms with Gasteiger partial charge in [-0.15, -0.1) is 0 Å². The Kier molecular flexibility index (Phi) is 4.34. The number of hydrogen-bond donors (Lipinski definition) is 2. The predicted octanol–water partition coefficient (Wildman–Crippen LogP) is 1.01. The number of alkyl halides is 1. The first-order valence-electron chi connectivity index (χ1n) is 5.40. The zero-order chi connectivity index (χ0) is 14.7. The molecule has 20 heavy (non-hydrogen) atoms. The molecule has 0 saturated carbocycles. The number of fused-ring (bicyclic) bond motifs is 1. The summed E-state index contributed by atoms with van der Waals surface area (Å²) < 4.78 is 42.5. The van der Waals surface area contributed by atoms with E-state index in [1.165, 1.54) is 4.57 Å². The quantitative estimate of drug-likeness (QED) is 0.820. The molecule has 0 saturated heterocycles. The molecule has 10 heteroatoms. The Hall–Kier alpha value is -1.95. The Morgan fingerprint density at radius 1 is 1.65 bits per heavy atom. The van der Waals surface area contributed by atoms with Crippen molar-refractivity contribution in [2.75, 3.05) is 12.4 Å². The van der Waals surface area contributed by atoms with Crippen LogP contribution in [-0.4, -0.2) is 27.3 Å². The zero-order valence-corrected chi connectivity index (χ0v) is 10.9. The van der Waals surface area contributed by atoms with Crippen LogP contribution in [0.15, 0.2) is 11.0 Å². The van der Waals surface area contributed by atoms with E-state index in [0.29, 0.717) is 0 Å². The van der Waals surface area contributed by atoms with Crippen LogP contribution < -0.4 is 11.3 Å². The van der Waals surface area contributed by atoms with Crippen molar-refractivity contribution in [1.29, 1.82) is 0 Å². The van der Waals surface area contributed by atoms with Crippen molar-refractivity contribution in [3.05, 3.63) is 22.4 Å². The van der Waals surface area contributed by atoms with Crippen LogP contribution >= 0.6 is 7.92 Å². The van der Waals surface area contributed by atoms with E-state index in [1.54, 1.807) is 0 Å². The SMILES string of the molecule is Nc1nc2c(c(F)cn2C[C@H](CF)OC#P=O)c(=O)[nH]1. The maximum absolute atomic E-state index is 13.7. The third-order valence-electron chi connectivity index (χ3n) is 2.53. The summed E-state index contributed by atoms with van der Waals surface area (Å²) in [6, 6.07) is 0. The molecule has 0 radical (unpaired) electrons. The van der Waals surface area contributed by atoms with E-state index in [-0.39, 0.29) is 23.5 Å². The third-order valence-corrected chi connectivity index (χ3v) is 2.71. The van der Waals surface area contributed by atoms with Gasteiger partial charge in [0.2, 0.25) is 0 Å². The maximum atomic E-state index is 13.7. The Bertz CT molecular complexity index is 798. The molecule has 0 fully saturated rings. The average molecular weight is 302 g/mol. The predicted molar refractivity (Wildman–Crippen MR) is 67.1 cm³/mol. The Balaban J connectivity index is 2.46. The average Bonchev–Trinajstić information content (AvgIpc) is 2.70. The van der Waals surface area contributed by atoms with Crippen molar-refractivity contribution in [1.82, 2.24) is 14.5 Å². The van der Waals surface area contributed by atoms with Crippen molar-refractivity contribution in [3.8, 4) is 5.81 Å². The number of rotatable bonds is 4. The molecule has 0 aliphatic heterocycles. The summed E-state index contributed by atoms with van der Waals surface area (Å²) in [7, 11) is -0.530. The zero-order valence-electron chi connectivity index (χ0n) is 9.97. The van der Waals surface area contributed by atoms with Crippen LogP contribution in [0.5, 0.6) is 0 Å². The fourth-order valence-corrected chi connectivity index (χ4v) is 1.93. The topological polar surface area (TPSA) is 103 Å². The molecule has 2 heterocycles. The minimum atomic E-state index is -1.03. The fraction of sp³-hybridized carbons (Fsp3) is 0.300. The van der Waals surface area contributed by atoms with Crippen LogP contribution in [0.25, 0.3) is 11.0 Å². The molecule has 2 rings (SSSR count). The van der Waals surface area contributed by atoms with Gasteiger partial charge in [0, 0.05) is 0 Å². The van der Waals surface area contributed by atoms with Gasteiger partial charge in [0.25, 0.3) is 0 Å². The summed E-state index contributed by atoms with van der Waals surface area (Å²) in [5.74, 6) is 0.965. The number of aromatic amines is 1. The van der Waals surface area contributed by atoms with Gasteiger partial charge in [-0.2, -0.15) is 0 Å². The van der Waals surface area contributed by atoms with Gasteiger partial charge in [-0.3, -0.25) is 0 Å². The first kappa shape index (κ1) is 14.5. The number of ether oxygens (including phenoxy) is 1. The Labute approximate surface area is 111 Å². The van der Waals surface area contributed by atoms with Crippen LogP contribution in [0.4, 0.5) is 14.7 Å². The summed E-state index contributed by atoms with van der Waals surface area (Å²) >= 11 is 0. The normalized spacial score (nSPS) is 12.3. The molecule has 2 aromatic rings. The van der Waals surface area contributed by atoms with E-state index in [2.05, 4.69) is 9.97 Å². The number of halogens is 2. The standard InChI is InChI=1S/C10H9F2N4O3P/c11-1-5(19-4-20-18)2-16-3-6(12)7-8(16)14-10(13)15-9(7)17/h3,5H,1-2H2,(H3,13,14,15,17)/t5-/m0/s1. The summed E-state index contributed by atoms with van der Waals surface area (Å²) in [5, 5.41) is -0.272. The molecule has 7 nitrogen and oxygen atoms in total. The van der Waals surface area contributed by atoms with Crippen LogP contribution in [-0.2, 0) is 15.8 Å². The molecular formula is C10H9F2N4O3P. The number of nitrogen functional groups attached to an aromatic ring is 1. The molecule has 0 spiro atoms. The van der Waals surface area contributed by atoms with E-state index in [0.717, 1.165) is 6.20 Å². The van der Waals surface area contributed by atoms with Crippen molar-refractivity contribution >= 4 is 24.9 Å². The summed E-state index contributed by atoms with van der Waals surface area (Å²) in [5.41, 5.74) is 4.64. The summed E-state index contributed by atoms with van der Waals surface area (Å²) in [6.07, 6.45) is -0.0402. The molecule has 3 N–H and O–H groups in total. The summed E-state index contributed by atoms with van der Waals surface area (Å²) in [4.78, 5) is 17.5. The molecule has 0 bridgehead atoms. The van der Waals surface area contributed by atoms with E-state index in [4.69, 9.17) is 10.5 Å². The monoisotopic (exact) mass is 302 g/mol. The summed E-state index contributed by atoms with van der Waals surface area (Å²) in [6.45, 7) is -1.06. The van der Waals surface area contributed by atoms with Crippen molar-refractivity contribution in [2.45, 2.75) is 12.6 Å². The van der Waals surface area contributed by atoms with E-state index in [9.17, 15) is 18.1 Å². The third kappa shape index (κ3) is 2.80. The molecule has 0 aliphatic carbocycles. The van der Waals surface area contributed by atoms with Gasteiger partial charge in [-0.05, 0) is 0 Å². The molecule has 0 aliphatic rings. The number of H-pyrrole nitrogens is 1. The number of nitrogens with two attached hydrogens (primary N) is 1. The first-order valence-corrected chi connectivity index (χ1v) is 6.21. The van der Waals surface area contributed by atoms with Crippen molar-refractivity contribution in [3.63, 3.8) is 0 Å². The first-order chi connectivity index (χ1) is 9.56. The van der Waals surface area contributed by atoms with Crippen LogP contribution in [0.1, 0.15) is 0 Å². The van der Waals surface area contributed by atoms with Crippen molar-refractivity contribution in [2.24, 2.45) is 0 Å². The molecule has 0 unspecified atom stereocenters. The number of anilines is 1. The van der Waals surface area contributed by atoms with Gasteiger partial charge in [-0.25, -0.2) is 0 Å². The number of nitrogens with one attached hydrogen (secondary N) is 1. The number of hydrogen-bond acceptors (Lipinski definition) is 5. The van der Waals surface area contributed by atoms with E-state index >= 15 is 0 Å². The molecule has 106 valence electrons.